The van der Waals surface area contributed by atoms with Crippen molar-refractivity contribution in [2.75, 3.05) is 40.3 Å². The van der Waals surface area contributed by atoms with Crippen LogP contribution >= 0.6 is 0 Å². The van der Waals surface area contributed by atoms with Gasteiger partial charge in [0.1, 0.15) is 12.2 Å². The van der Waals surface area contributed by atoms with Gasteiger partial charge in [-0.25, -0.2) is 0 Å². The van der Waals surface area contributed by atoms with Crippen LogP contribution in [0.15, 0.2) is 23.8 Å². The molecule has 3 heterocycles. The van der Waals surface area contributed by atoms with Gasteiger partial charge in [-0.15, -0.1) is 0 Å². The van der Waals surface area contributed by atoms with Crippen molar-refractivity contribution in [3.63, 3.8) is 0 Å². The Morgan fingerprint density at radius 3 is 2.22 bits per heavy atom. The zero-order valence-electron chi connectivity index (χ0n) is 31.4. The van der Waals surface area contributed by atoms with E-state index in [0.29, 0.717) is 31.1 Å². The first-order chi connectivity index (χ1) is 23.1. The van der Waals surface area contributed by atoms with Crippen LogP contribution in [0.1, 0.15) is 80.6 Å². The average molecular weight is 695 g/mol. The summed E-state index contributed by atoms with van der Waals surface area (Å²) < 4.78 is 18.6. The third kappa shape index (κ3) is 11.7. The maximum Gasteiger partial charge on any atom is 0.308 e. The fourth-order valence-electron chi connectivity index (χ4n) is 8.18. The van der Waals surface area contributed by atoms with Crippen molar-refractivity contribution < 1.29 is 44.2 Å². The molecular weight excluding hydrogens is 628 g/mol. The Bertz CT molecular complexity index is 1100. The number of carbonyl (C=O) groups is 2. The van der Waals surface area contributed by atoms with E-state index in [0.717, 1.165) is 25.2 Å². The molecule has 3 aliphatic rings. The highest BCUT2D eigenvalue weighted by molar-refractivity contribution is 5.91. The molecule has 49 heavy (non-hydrogen) atoms. The van der Waals surface area contributed by atoms with Crippen molar-refractivity contribution in [3.8, 4) is 0 Å². The molecule has 4 N–H and O–H groups in total. The zero-order chi connectivity index (χ0) is 36.6. The van der Waals surface area contributed by atoms with Gasteiger partial charge in [0.15, 0.2) is 12.1 Å². The largest absolute Gasteiger partial charge is 0.462 e. The highest BCUT2D eigenvalue weighted by atomic mass is 16.7. The SMILES string of the molecule is CC[C@H]1OC(=O)C[C@@H](O)[C@H](C)[C@@H](O[C@@H]2O[C@H](C)[C@@H](O)[C@H](N(C)C)[C@H]2O)C(CCN2C[C@H](C)C[C@H](C)C2)C[C@@H](C)C(=O)/C=C/C(C)=C/[C@@H]1CO. The van der Waals surface area contributed by atoms with E-state index in [4.69, 9.17) is 14.2 Å². The molecule has 1 unspecified atom stereocenters. The van der Waals surface area contributed by atoms with E-state index in [-0.39, 0.29) is 30.6 Å². The van der Waals surface area contributed by atoms with E-state index in [1.807, 2.05) is 33.8 Å². The lowest BCUT2D eigenvalue weighted by Gasteiger charge is -2.47. The minimum atomic E-state index is -1.20. The van der Waals surface area contributed by atoms with Gasteiger partial charge in [0.2, 0.25) is 0 Å². The minimum Gasteiger partial charge on any atom is -0.462 e. The fraction of sp³-hybridized carbons (Fsp3) is 0.842. The van der Waals surface area contributed by atoms with Crippen molar-refractivity contribution in [2.24, 2.45) is 35.5 Å². The van der Waals surface area contributed by atoms with Crippen LogP contribution < -0.4 is 0 Å². The molecule has 0 aromatic heterocycles. The first-order valence-electron chi connectivity index (χ1n) is 18.5. The maximum absolute atomic E-state index is 13.6. The Labute approximate surface area is 294 Å². The average Bonchev–Trinajstić information content (AvgIpc) is 3.03. The molecule has 11 nitrogen and oxygen atoms in total. The van der Waals surface area contributed by atoms with E-state index >= 15 is 0 Å². The highest BCUT2D eigenvalue weighted by Gasteiger charge is 2.47. The minimum absolute atomic E-state index is 0.0469. The first kappa shape index (κ1) is 41.7. The van der Waals surface area contributed by atoms with Crippen molar-refractivity contribution in [1.82, 2.24) is 9.80 Å². The molecule has 0 amide bonds. The van der Waals surface area contributed by atoms with Crippen LogP contribution in [0.25, 0.3) is 0 Å². The van der Waals surface area contributed by atoms with Crippen LogP contribution in [0.5, 0.6) is 0 Å². The summed E-state index contributed by atoms with van der Waals surface area (Å²) >= 11 is 0. The molecule has 0 saturated carbocycles. The summed E-state index contributed by atoms with van der Waals surface area (Å²) in [5.74, 6) is -1.20. The number of carbonyl (C=O) groups excluding carboxylic acids is 2. The van der Waals surface area contributed by atoms with Crippen LogP contribution in [0.4, 0.5) is 0 Å². The van der Waals surface area contributed by atoms with E-state index in [1.165, 1.54) is 6.42 Å². The number of aliphatic hydroxyl groups excluding tert-OH is 4. The quantitative estimate of drug-likeness (QED) is 0.278. The van der Waals surface area contributed by atoms with Crippen LogP contribution in [-0.4, -0.2) is 131 Å². The van der Waals surface area contributed by atoms with Crippen molar-refractivity contribution in [3.05, 3.63) is 23.8 Å². The van der Waals surface area contributed by atoms with Crippen LogP contribution in [0.2, 0.25) is 0 Å². The number of esters is 1. The normalized spacial score (nSPS) is 42.8. The number of cyclic esters (lactones) is 1. The number of allylic oxidation sites excluding steroid dienone is 3. The maximum atomic E-state index is 13.6. The Kier molecular flexibility index (Phi) is 16.4. The monoisotopic (exact) mass is 694 g/mol. The molecule has 0 bridgehead atoms. The number of hydrogen-bond donors (Lipinski definition) is 4. The van der Waals surface area contributed by atoms with E-state index in [9.17, 15) is 30.0 Å². The van der Waals surface area contributed by atoms with E-state index in [2.05, 4.69) is 18.7 Å². The molecular formula is C38H66N2O9. The molecule has 0 radical (unpaired) electrons. The topological polar surface area (TPSA) is 149 Å². The van der Waals surface area contributed by atoms with Gasteiger partial charge in [0.25, 0.3) is 0 Å². The molecule has 0 aliphatic carbocycles. The molecule has 0 spiro atoms. The number of likely N-dealkylation sites (N-methyl/N-ethyl adjacent to an activating group) is 1. The van der Waals surface area contributed by atoms with Gasteiger partial charge in [-0.2, -0.15) is 0 Å². The molecule has 2 saturated heterocycles. The number of ketones is 1. The third-order valence-electron chi connectivity index (χ3n) is 10.9. The Hall–Kier alpha value is -1.70. The molecule has 11 heteroatoms. The summed E-state index contributed by atoms with van der Waals surface area (Å²) in [6.45, 7) is 16.2. The molecule has 14 atom stereocenters. The van der Waals surface area contributed by atoms with Crippen molar-refractivity contribution >= 4 is 11.8 Å². The Balaban J connectivity index is 2.04. The van der Waals surface area contributed by atoms with Gasteiger partial charge in [-0.1, -0.05) is 52.3 Å². The molecule has 0 aromatic carbocycles. The second kappa shape index (κ2) is 19.2. The molecule has 3 aliphatic heterocycles. The summed E-state index contributed by atoms with van der Waals surface area (Å²) in [6.07, 6.45) is 1.23. The zero-order valence-corrected chi connectivity index (χ0v) is 31.4. The predicted molar refractivity (Wildman–Crippen MR) is 188 cm³/mol. The van der Waals surface area contributed by atoms with Gasteiger partial charge in [0, 0.05) is 30.8 Å². The smallest absolute Gasteiger partial charge is 0.308 e. The van der Waals surface area contributed by atoms with Crippen LogP contribution in [-0.2, 0) is 23.8 Å². The lowest BCUT2D eigenvalue weighted by Crippen LogP contribution is -2.63. The Morgan fingerprint density at radius 1 is 0.980 bits per heavy atom. The highest BCUT2D eigenvalue weighted by Crippen LogP contribution is 2.35. The third-order valence-corrected chi connectivity index (χ3v) is 10.9. The summed E-state index contributed by atoms with van der Waals surface area (Å²) in [5.41, 5.74) is 0.774. The number of piperidine rings is 1. The number of hydrogen-bond acceptors (Lipinski definition) is 11. The van der Waals surface area contributed by atoms with Crippen molar-refractivity contribution in [2.45, 2.75) is 130 Å². The molecule has 282 valence electrons. The van der Waals surface area contributed by atoms with Gasteiger partial charge in [-0.05, 0) is 84.0 Å². The summed E-state index contributed by atoms with van der Waals surface area (Å²) in [4.78, 5) is 31.0. The number of ether oxygens (including phenoxy) is 3. The first-order valence-corrected chi connectivity index (χ1v) is 18.5. The standard InChI is InChI=1S/C38H66N2O9/c1-10-32-29(21-41)16-22(2)11-12-30(42)25(5)17-28(13-14-40-19-23(3)15-24(4)20-40)37(26(6)31(43)18-33(44)48-32)49-38-36(46)34(39(8)9)35(45)27(7)47-38/h11-12,16,23-29,31-32,34-38,41,43,45-46H,10,13-15,17-21H2,1-9H3/b12-11+,22-16+/t23-,24+,25-,26+,27-,28?,29-,31-,32-,34+,35-,36-,37-,38+/m1/s1. The van der Waals surface area contributed by atoms with Gasteiger partial charge >= 0.3 is 5.97 Å². The summed E-state index contributed by atoms with van der Waals surface area (Å²) in [5, 5.41) is 44.1. The van der Waals surface area contributed by atoms with Gasteiger partial charge in [0.05, 0.1) is 43.5 Å². The molecule has 3 rings (SSSR count). The second-order valence-electron chi connectivity index (χ2n) is 15.7. The van der Waals surface area contributed by atoms with E-state index < -0.39 is 66.8 Å². The van der Waals surface area contributed by atoms with Crippen molar-refractivity contribution in [1.29, 1.82) is 0 Å². The lowest BCUT2D eigenvalue weighted by atomic mass is 9.79. The van der Waals surface area contributed by atoms with Crippen LogP contribution in [0, 0.1) is 35.5 Å². The van der Waals surface area contributed by atoms with Crippen LogP contribution in [0.3, 0.4) is 0 Å². The van der Waals surface area contributed by atoms with Gasteiger partial charge < -0.3 is 44.4 Å². The summed E-state index contributed by atoms with van der Waals surface area (Å²) in [6, 6.07) is -0.655. The number of rotatable bonds is 8. The van der Waals surface area contributed by atoms with Gasteiger partial charge in [-0.3, -0.25) is 9.59 Å². The lowest BCUT2D eigenvalue weighted by molar-refractivity contribution is -0.304. The molecule has 0 aromatic rings. The predicted octanol–water partition coefficient (Wildman–Crippen LogP) is 3.18. The Morgan fingerprint density at radius 2 is 1.63 bits per heavy atom. The number of likely N-dealkylation sites (tertiary alicyclic amines) is 1. The summed E-state index contributed by atoms with van der Waals surface area (Å²) in [7, 11) is 3.56. The fourth-order valence-corrected chi connectivity index (χ4v) is 8.18. The van der Waals surface area contributed by atoms with E-state index in [1.54, 1.807) is 38.1 Å². The molecule has 2 fully saturated rings. The second-order valence-corrected chi connectivity index (χ2v) is 15.7. The number of nitrogens with zero attached hydrogens (tertiary/aromatic N) is 2. The number of aliphatic hydroxyl groups is 4.